The first-order valence-electron chi connectivity index (χ1n) is 8.91. The second-order valence-corrected chi connectivity index (χ2v) is 6.79. The molecule has 1 aromatic heterocycles. The second kappa shape index (κ2) is 9.85. The Bertz CT molecular complexity index is 1060. The van der Waals surface area contributed by atoms with E-state index in [1.54, 1.807) is 0 Å². The van der Waals surface area contributed by atoms with Gasteiger partial charge in [0.25, 0.3) is 0 Å². The van der Waals surface area contributed by atoms with Crippen molar-refractivity contribution in [3.8, 4) is 5.75 Å². The summed E-state index contributed by atoms with van der Waals surface area (Å²) < 4.78 is 34.2. The number of benzene rings is 2. The number of nitrogens with one attached hydrogen (secondary N) is 1. The molecule has 7 heteroatoms. The third kappa shape index (κ3) is 5.53. The molecule has 0 amide bonds. The Morgan fingerprint density at radius 3 is 2.36 bits per heavy atom. The maximum atomic E-state index is 12.9. The van der Waals surface area contributed by atoms with E-state index in [0.717, 1.165) is 35.1 Å². The van der Waals surface area contributed by atoms with Crippen molar-refractivity contribution in [1.82, 2.24) is 0 Å². The summed E-state index contributed by atoms with van der Waals surface area (Å²) >= 11 is 0. The Labute approximate surface area is 165 Å². The van der Waals surface area contributed by atoms with E-state index in [4.69, 9.17) is 22.4 Å². The van der Waals surface area contributed by atoms with Gasteiger partial charge in [-0.05, 0) is 56.7 Å². The number of unbranched alkanes of at least 4 members (excludes halogenated alkanes) is 1. The first kappa shape index (κ1) is 21.4. The molecule has 0 aliphatic rings. The van der Waals surface area contributed by atoms with Crippen LogP contribution in [0.15, 0.2) is 46.9 Å². The second-order valence-electron chi connectivity index (χ2n) is 6.32. The number of hydrogen-bond acceptors (Lipinski definition) is 6. The third-order valence-electron chi connectivity index (χ3n) is 4.13. The Morgan fingerprint density at radius 2 is 1.75 bits per heavy atom. The first-order valence-corrected chi connectivity index (χ1v) is 9.98. The summed E-state index contributed by atoms with van der Waals surface area (Å²) in [5.41, 5.74) is 3.15. The molecule has 0 saturated heterocycles. The van der Waals surface area contributed by atoms with E-state index >= 15 is 0 Å². The van der Waals surface area contributed by atoms with E-state index in [9.17, 15) is 4.79 Å². The molecule has 0 aliphatic carbocycles. The van der Waals surface area contributed by atoms with Gasteiger partial charge in [0.1, 0.15) is 17.1 Å². The molecule has 3 rings (SSSR count). The molecule has 0 spiro atoms. The van der Waals surface area contributed by atoms with Gasteiger partial charge in [0.05, 0.1) is 12.2 Å². The van der Waals surface area contributed by atoms with Crippen molar-refractivity contribution < 1.29 is 22.4 Å². The van der Waals surface area contributed by atoms with Gasteiger partial charge in [-0.2, -0.15) is 13.2 Å². The topological polar surface area (TPSA) is 97.4 Å². The molecule has 0 unspecified atom stereocenters. The SMILES string of the molecule is CCCCOc1ccc(C(=O)c2c(C)oc3ccc(C)cc23)cc1.N=S(=O)=O. The number of carbonyl (C=O) groups is 1. The summed E-state index contributed by atoms with van der Waals surface area (Å²) in [7, 11) is -2.61. The molecular weight excluding hydrogens is 378 g/mol. The molecule has 2 aromatic carbocycles. The van der Waals surface area contributed by atoms with Crippen molar-refractivity contribution in [3.05, 3.63) is 64.9 Å². The van der Waals surface area contributed by atoms with E-state index in [0.29, 0.717) is 23.5 Å². The number of ketones is 1. The fourth-order valence-electron chi connectivity index (χ4n) is 2.80. The van der Waals surface area contributed by atoms with E-state index in [1.807, 2.05) is 56.3 Å². The lowest BCUT2D eigenvalue weighted by Crippen LogP contribution is -2.03. The van der Waals surface area contributed by atoms with Crippen LogP contribution in [0, 0.1) is 18.6 Å². The van der Waals surface area contributed by atoms with Crippen molar-refractivity contribution in [2.45, 2.75) is 33.6 Å². The normalized spacial score (nSPS) is 10.2. The number of aryl methyl sites for hydroxylation is 2. The van der Waals surface area contributed by atoms with Crippen LogP contribution in [0.2, 0.25) is 0 Å². The minimum Gasteiger partial charge on any atom is -0.494 e. The summed E-state index contributed by atoms with van der Waals surface area (Å²) in [6.45, 7) is 6.68. The smallest absolute Gasteiger partial charge is 0.308 e. The van der Waals surface area contributed by atoms with Gasteiger partial charge >= 0.3 is 10.5 Å². The zero-order chi connectivity index (χ0) is 20.7. The number of rotatable bonds is 6. The van der Waals surface area contributed by atoms with Gasteiger partial charge in [0, 0.05) is 10.9 Å². The van der Waals surface area contributed by atoms with Gasteiger partial charge in [-0.3, -0.25) is 4.79 Å². The lowest BCUT2D eigenvalue weighted by atomic mass is 9.99. The number of ether oxygens (including phenoxy) is 1. The highest BCUT2D eigenvalue weighted by Gasteiger charge is 2.19. The van der Waals surface area contributed by atoms with Crippen LogP contribution >= 0.6 is 0 Å². The fraction of sp³-hybridized carbons (Fsp3) is 0.286. The number of carbonyl (C=O) groups excluding carboxylic acids is 1. The average Bonchev–Trinajstić information content (AvgIpc) is 2.96. The van der Waals surface area contributed by atoms with Crippen molar-refractivity contribution in [1.29, 1.82) is 4.78 Å². The monoisotopic (exact) mass is 401 g/mol. The minimum absolute atomic E-state index is 0.0167. The van der Waals surface area contributed by atoms with Crippen LogP contribution in [0.4, 0.5) is 0 Å². The first-order chi connectivity index (χ1) is 13.3. The van der Waals surface area contributed by atoms with E-state index < -0.39 is 10.5 Å². The van der Waals surface area contributed by atoms with Crippen LogP contribution in [0.25, 0.3) is 11.0 Å². The van der Waals surface area contributed by atoms with Crippen molar-refractivity contribution in [3.63, 3.8) is 0 Å². The van der Waals surface area contributed by atoms with Crippen LogP contribution in [0.5, 0.6) is 5.75 Å². The van der Waals surface area contributed by atoms with Gasteiger partial charge < -0.3 is 9.15 Å². The van der Waals surface area contributed by atoms with Crippen molar-refractivity contribution in [2.75, 3.05) is 6.61 Å². The summed E-state index contributed by atoms with van der Waals surface area (Å²) in [6.07, 6.45) is 2.13. The largest absolute Gasteiger partial charge is 0.494 e. The summed E-state index contributed by atoms with van der Waals surface area (Å²) in [4.78, 5) is 12.9. The Balaban J connectivity index is 0.000000640. The van der Waals surface area contributed by atoms with Crippen LogP contribution < -0.4 is 4.74 Å². The maximum absolute atomic E-state index is 12.9. The molecule has 148 valence electrons. The third-order valence-corrected chi connectivity index (χ3v) is 4.13. The number of furan rings is 1. The highest BCUT2D eigenvalue weighted by atomic mass is 32.2. The predicted octanol–water partition coefficient (Wildman–Crippen LogP) is 5.09. The lowest BCUT2D eigenvalue weighted by molar-refractivity contribution is 0.103. The highest BCUT2D eigenvalue weighted by molar-refractivity contribution is 7.60. The van der Waals surface area contributed by atoms with Gasteiger partial charge in [-0.15, -0.1) is 0 Å². The molecule has 3 aromatic rings. The van der Waals surface area contributed by atoms with Crippen molar-refractivity contribution >= 4 is 27.3 Å². The van der Waals surface area contributed by atoms with Crippen molar-refractivity contribution in [2.24, 2.45) is 0 Å². The van der Waals surface area contributed by atoms with Gasteiger partial charge in [0.2, 0.25) is 0 Å². The Hall–Kier alpha value is -2.93. The van der Waals surface area contributed by atoms with Crippen LogP contribution in [-0.4, -0.2) is 20.8 Å². The molecule has 1 heterocycles. The number of hydrogen-bond donors (Lipinski definition) is 1. The quantitative estimate of drug-likeness (QED) is 0.458. The van der Waals surface area contributed by atoms with Gasteiger partial charge in [-0.1, -0.05) is 25.0 Å². The summed E-state index contributed by atoms with van der Waals surface area (Å²) in [5, 5.41) is 0.876. The molecule has 6 nitrogen and oxygen atoms in total. The predicted molar refractivity (Wildman–Crippen MR) is 108 cm³/mol. The molecule has 28 heavy (non-hydrogen) atoms. The molecule has 0 saturated carbocycles. The zero-order valence-electron chi connectivity index (χ0n) is 16.1. The van der Waals surface area contributed by atoms with Crippen LogP contribution in [-0.2, 0) is 10.5 Å². The molecule has 0 radical (unpaired) electrons. The number of fused-ring (bicyclic) bond motifs is 1. The summed E-state index contributed by atoms with van der Waals surface area (Å²) in [6, 6.07) is 13.2. The molecule has 0 bridgehead atoms. The van der Waals surface area contributed by atoms with Gasteiger partial charge in [-0.25, -0.2) is 0 Å². The summed E-state index contributed by atoms with van der Waals surface area (Å²) in [5.74, 6) is 1.44. The zero-order valence-corrected chi connectivity index (χ0v) is 16.9. The molecule has 0 atom stereocenters. The molecule has 1 N–H and O–H groups in total. The minimum atomic E-state index is -2.61. The standard InChI is InChI=1S/C21H22O3.HNO2S/c1-4-5-12-23-17-9-7-16(8-10-17)21(22)20-15(3)24-19-11-6-14(2)13-18(19)20;1-4(2)3/h6-11,13H,4-5,12H2,1-3H3;1H. The van der Waals surface area contributed by atoms with Crippen LogP contribution in [0.1, 0.15) is 47.0 Å². The lowest BCUT2D eigenvalue weighted by Gasteiger charge is -2.06. The fourth-order valence-corrected chi connectivity index (χ4v) is 2.80. The average molecular weight is 401 g/mol. The van der Waals surface area contributed by atoms with Gasteiger partial charge in [0.15, 0.2) is 5.78 Å². The Kier molecular flexibility index (Phi) is 7.52. The van der Waals surface area contributed by atoms with E-state index in [1.165, 1.54) is 0 Å². The molecular formula is C21H23NO5S. The molecule has 0 aliphatic heterocycles. The van der Waals surface area contributed by atoms with E-state index in [2.05, 4.69) is 6.92 Å². The van der Waals surface area contributed by atoms with Crippen LogP contribution in [0.3, 0.4) is 0 Å². The maximum Gasteiger partial charge on any atom is 0.308 e. The molecule has 0 fully saturated rings. The van der Waals surface area contributed by atoms with E-state index in [-0.39, 0.29) is 5.78 Å². The Morgan fingerprint density at radius 1 is 1.11 bits per heavy atom. The highest BCUT2D eigenvalue weighted by Crippen LogP contribution is 2.29.